The van der Waals surface area contributed by atoms with E-state index in [2.05, 4.69) is 24.5 Å². The predicted octanol–water partition coefficient (Wildman–Crippen LogP) is 5.10. The maximum absolute atomic E-state index is 14.2. The van der Waals surface area contributed by atoms with Gasteiger partial charge in [-0.3, -0.25) is 0 Å². The summed E-state index contributed by atoms with van der Waals surface area (Å²) in [6, 6.07) is 10.9. The number of hydrogen-bond acceptors (Lipinski definition) is 4. The van der Waals surface area contributed by atoms with Gasteiger partial charge in [-0.1, -0.05) is 32.0 Å². The summed E-state index contributed by atoms with van der Waals surface area (Å²) in [6.07, 6.45) is -3.50. The second-order valence-electron chi connectivity index (χ2n) is 9.16. The van der Waals surface area contributed by atoms with E-state index in [1.807, 2.05) is 24.3 Å². The number of alkyl halides is 3. The molecule has 1 aliphatic heterocycles. The molecule has 1 heterocycles. The molecule has 12 heteroatoms. The molecule has 2 aromatic rings. The lowest BCUT2D eigenvalue weighted by molar-refractivity contribution is -0.192. The van der Waals surface area contributed by atoms with Gasteiger partial charge >= 0.3 is 18.2 Å². The van der Waals surface area contributed by atoms with Gasteiger partial charge in [-0.05, 0) is 55.6 Å². The molecule has 1 fully saturated rings. The SMILES string of the molecule is CC(C)COc1ccc(CNC(=O)N(Cc2ccc(F)cc2F)C2CCNCC2)cc1.O=C(O)C(F)(F)F. The molecule has 3 rings (SSSR count). The number of halogens is 5. The minimum absolute atomic E-state index is 0.00230. The van der Waals surface area contributed by atoms with Gasteiger partial charge in [-0.25, -0.2) is 18.4 Å². The van der Waals surface area contributed by atoms with Gasteiger partial charge in [0.15, 0.2) is 0 Å². The van der Waals surface area contributed by atoms with E-state index in [0.717, 1.165) is 43.3 Å². The average molecular weight is 546 g/mol. The fourth-order valence-corrected chi connectivity index (χ4v) is 3.56. The van der Waals surface area contributed by atoms with Crippen molar-refractivity contribution in [3.05, 3.63) is 65.2 Å². The van der Waals surface area contributed by atoms with Crippen molar-refractivity contribution in [1.82, 2.24) is 15.5 Å². The van der Waals surface area contributed by atoms with Crippen LogP contribution in [0.2, 0.25) is 0 Å². The van der Waals surface area contributed by atoms with Crippen molar-refractivity contribution in [3.63, 3.8) is 0 Å². The molecule has 0 saturated carbocycles. The van der Waals surface area contributed by atoms with Crippen molar-refractivity contribution in [2.75, 3.05) is 19.7 Å². The van der Waals surface area contributed by atoms with E-state index < -0.39 is 23.8 Å². The number of nitrogens with one attached hydrogen (secondary N) is 2. The smallest absolute Gasteiger partial charge is 0.490 e. The molecule has 0 aliphatic carbocycles. The van der Waals surface area contributed by atoms with Gasteiger partial charge in [-0.15, -0.1) is 0 Å². The number of urea groups is 1. The van der Waals surface area contributed by atoms with Crippen molar-refractivity contribution >= 4 is 12.0 Å². The molecule has 38 heavy (non-hydrogen) atoms. The number of aliphatic carboxylic acids is 1. The highest BCUT2D eigenvalue weighted by atomic mass is 19.4. The van der Waals surface area contributed by atoms with Crippen LogP contribution < -0.4 is 15.4 Å². The number of benzene rings is 2. The third kappa shape index (κ3) is 10.5. The summed E-state index contributed by atoms with van der Waals surface area (Å²) < 4.78 is 64.9. The molecule has 0 spiro atoms. The lowest BCUT2D eigenvalue weighted by Gasteiger charge is -2.35. The van der Waals surface area contributed by atoms with Gasteiger partial charge in [0.1, 0.15) is 17.4 Å². The second kappa shape index (κ2) is 14.5. The summed E-state index contributed by atoms with van der Waals surface area (Å²) >= 11 is 0. The molecule has 7 nitrogen and oxygen atoms in total. The van der Waals surface area contributed by atoms with Crippen LogP contribution in [0.1, 0.15) is 37.8 Å². The Bertz CT molecular complexity index is 1040. The molecule has 0 aromatic heterocycles. The molecule has 2 amide bonds. The molecule has 210 valence electrons. The number of carboxylic acid groups (broad SMARTS) is 1. The van der Waals surface area contributed by atoms with Gasteiger partial charge in [0.2, 0.25) is 0 Å². The van der Waals surface area contributed by atoms with E-state index in [-0.39, 0.29) is 18.6 Å². The third-order valence-electron chi connectivity index (χ3n) is 5.56. The van der Waals surface area contributed by atoms with Crippen LogP contribution in [0.4, 0.5) is 26.7 Å². The zero-order valence-corrected chi connectivity index (χ0v) is 21.2. The fraction of sp³-hybridized carbons (Fsp3) is 0.462. The highest BCUT2D eigenvalue weighted by Gasteiger charge is 2.38. The minimum atomic E-state index is -5.08. The zero-order chi connectivity index (χ0) is 28.3. The quantitative estimate of drug-likeness (QED) is 0.402. The van der Waals surface area contributed by atoms with Gasteiger partial charge in [-0.2, -0.15) is 13.2 Å². The van der Waals surface area contributed by atoms with Crippen LogP contribution in [-0.4, -0.2) is 53.9 Å². The number of carbonyl (C=O) groups excluding carboxylic acids is 1. The van der Waals surface area contributed by atoms with Crippen LogP contribution in [0.15, 0.2) is 42.5 Å². The molecule has 0 bridgehead atoms. The standard InChI is InChI=1S/C24H31F2N3O2.C2HF3O2/c1-17(2)16-31-22-7-3-18(4-8-22)14-28-24(30)29(21-9-11-27-12-10-21)15-19-5-6-20(25)13-23(19)26;3-2(4,5)1(6)7/h3-8,13,17,21,27H,9-12,14-16H2,1-2H3,(H,28,30);(H,6,7). The molecule has 0 radical (unpaired) electrons. The molecule has 1 aliphatic rings. The van der Waals surface area contributed by atoms with E-state index in [0.29, 0.717) is 24.6 Å². The first-order chi connectivity index (χ1) is 17.9. The van der Waals surface area contributed by atoms with Crippen LogP contribution in [0.25, 0.3) is 0 Å². The summed E-state index contributed by atoms with van der Waals surface area (Å²) in [7, 11) is 0. The van der Waals surface area contributed by atoms with Crippen LogP contribution in [0.3, 0.4) is 0 Å². The third-order valence-corrected chi connectivity index (χ3v) is 5.56. The second-order valence-corrected chi connectivity index (χ2v) is 9.16. The van der Waals surface area contributed by atoms with Crippen LogP contribution >= 0.6 is 0 Å². The first kappa shape index (κ1) is 30.8. The molecule has 0 unspecified atom stereocenters. The Kier molecular flexibility index (Phi) is 11.8. The molecule has 1 saturated heterocycles. The van der Waals surface area contributed by atoms with Crippen LogP contribution in [0.5, 0.6) is 5.75 Å². The number of carbonyl (C=O) groups is 2. The Morgan fingerprint density at radius 2 is 1.71 bits per heavy atom. The summed E-state index contributed by atoms with van der Waals surface area (Å²) in [6.45, 7) is 6.91. The van der Waals surface area contributed by atoms with Crippen molar-refractivity contribution in [3.8, 4) is 5.75 Å². The van der Waals surface area contributed by atoms with E-state index in [1.54, 1.807) is 4.90 Å². The molecule has 3 N–H and O–H groups in total. The molecule has 0 atom stereocenters. The highest BCUT2D eigenvalue weighted by Crippen LogP contribution is 2.19. The number of piperidine rings is 1. The minimum Gasteiger partial charge on any atom is -0.493 e. The van der Waals surface area contributed by atoms with Crippen molar-refractivity contribution in [2.45, 2.75) is 52.0 Å². The summed E-state index contributed by atoms with van der Waals surface area (Å²) in [4.78, 5) is 23.6. The van der Waals surface area contributed by atoms with Gasteiger partial charge in [0.05, 0.1) is 13.2 Å². The summed E-state index contributed by atoms with van der Waals surface area (Å²) in [5.74, 6) is -2.77. The van der Waals surface area contributed by atoms with Crippen LogP contribution in [-0.2, 0) is 17.9 Å². The monoisotopic (exact) mass is 545 g/mol. The average Bonchev–Trinajstić information content (AvgIpc) is 2.86. The summed E-state index contributed by atoms with van der Waals surface area (Å²) in [5.41, 5.74) is 1.25. The van der Waals surface area contributed by atoms with E-state index in [4.69, 9.17) is 14.6 Å². The number of nitrogens with zero attached hydrogens (tertiary/aromatic N) is 1. The maximum Gasteiger partial charge on any atom is 0.490 e. The topological polar surface area (TPSA) is 90.9 Å². The van der Waals surface area contributed by atoms with Gasteiger partial charge in [0, 0.05) is 24.2 Å². The maximum atomic E-state index is 14.2. The number of amides is 2. The Hall–Kier alpha value is -3.41. The highest BCUT2D eigenvalue weighted by molar-refractivity contribution is 5.74. The zero-order valence-electron chi connectivity index (χ0n) is 21.2. The largest absolute Gasteiger partial charge is 0.493 e. The van der Waals surface area contributed by atoms with Crippen molar-refractivity contribution in [1.29, 1.82) is 0 Å². The molecular weight excluding hydrogens is 513 g/mol. The Labute approximate surface area is 218 Å². The Morgan fingerprint density at radius 1 is 1.11 bits per heavy atom. The Morgan fingerprint density at radius 3 is 2.24 bits per heavy atom. The lowest BCUT2D eigenvalue weighted by Crippen LogP contribution is -2.49. The van der Waals surface area contributed by atoms with Gasteiger partial charge < -0.3 is 25.4 Å². The van der Waals surface area contributed by atoms with Crippen LogP contribution in [0, 0.1) is 17.6 Å². The van der Waals surface area contributed by atoms with Crippen molar-refractivity contribution < 1.29 is 41.4 Å². The van der Waals surface area contributed by atoms with Crippen molar-refractivity contribution in [2.24, 2.45) is 5.92 Å². The first-order valence-electron chi connectivity index (χ1n) is 12.1. The fourth-order valence-electron chi connectivity index (χ4n) is 3.56. The number of rotatable bonds is 8. The van der Waals surface area contributed by atoms with Gasteiger partial charge in [0.25, 0.3) is 0 Å². The van der Waals surface area contributed by atoms with E-state index in [9.17, 15) is 26.7 Å². The lowest BCUT2D eigenvalue weighted by atomic mass is 10.0. The van der Waals surface area contributed by atoms with E-state index >= 15 is 0 Å². The number of hydrogen-bond donors (Lipinski definition) is 3. The van der Waals surface area contributed by atoms with E-state index in [1.165, 1.54) is 12.1 Å². The predicted molar refractivity (Wildman–Crippen MR) is 130 cm³/mol. The molecular formula is C26H32F5N3O4. The summed E-state index contributed by atoms with van der Waals surface area (Å²) in [5, 5.41) is 13.3. The number of ether oxygens (including phenoxy) is 1. The first-order valence-corrected chi connectivity index (χ1v) is 12.1. The normalized spacial score (nSPS) is 13.9. The number of carboxylic acids is 1. The Balaban J connectivity index is 0.000000638. The molecule has 2 aromatic carbocycles.